The number of methoxy groups -OCH3 is 1. The molecule has 0 spiro atoms. The molecule has 14 heavy (non-hydrogen) atoms. The summed E-state index contributed by atoms with van der Waals surface area (Å²) in [6, 6.07) is -0.0726. The van der Waals surface area contributed by atoms with E-state index in [0.717, 1.165) is 0 Å². The fourth-order valence-corrected chi connectivity index (χ4v) is 1.31. The van der Waals surface area contributed by atoms with Crippen molar-refractivity contribution in [2.45, 2.75) is 31.9 Å². The highest BCUT2D eigenvalue weighted by Gasteiger charge is 2.32. The van der Waals surface area contributed by atoms with Crippen molar-refractivity contribution in [3.05, 3.63) is 11.7 Å². The Morgan fingerprint density at radius 2 is 2.29 bits per heavy atom. The highest BCUT2D eigenvalue weighted by molar-refractivity contribution is 5.00. The van der Waals surface area contributed by atoms with E-state index in [1.807, 2.05) is 6.92 Å². The normalized spacial score (nSPS) is 20.8. The molecule has 2 rings (SSSR count). The van der Waals surface area contributed by atoms with Gasteiger partial charge in [-0.3, -0.25) is 0 Å². The Morgan fingerprint density at radius 3 is 2.86 bits per heavy atom. The molecule has 0 aromatic carbocycles. The summed E-state index contributed by atoms with van der Waals surface area (Å²) < 4.78 is 10.1. The molecule has 5 nitrogen and oxygen atoms in total. The predicted octanol–water partition coefficient (Wildman–Crippen LogP) is 1.19. The van der Waals surface area contributed by atoms with Gasteiger partial charge in [0.05, 0.1) is 6.04 Å². The monoisotopic (exact) mass is 197 g/mol. The van der Waals surface area contributed by atoms with E-state index in [0.29, 0.717) is 17.6 Å². The number of aromatic nitrogens is 2. The van der Waals surface area contributed by atoms with Crippen molar-refractivity contribution in [1.82, 2.24) is 10.1 Å². The van der Waals surface area contributed by atoms with Crippen molar-refractivity contribution >= 4 is 0 Å². The van der Waals surface area contributed by atoms with Crippen molar-refractivity contribution in [3.8, 4) is 0 Å². The summed E-state index contributed by atoms with van der Waals surface area (Å²) in [5.41, 5.74) is 5.93. The van der Waals surface area contributed by atoms with E-state index in [1.165, 1.54) is 12.8 Å². The lowest BCUT2D eigenvalue weighted by molar-refractivity contribution is 0.0886. The van der Waals surface area contributed by atoms with Gasteiger partial charge in [0.1, 0.15) is 6.10 Å². The molecular formula is C9H15N3O2. The zero-order valence-electron chi connectivity index (χ0n) is 8.43. The molecule has 2 N–H and O–H groups in total. The second-order valence-corrected chi connectivity index (χ2v) is 3.73. The van der Waals surface area contributed by atoms with Crippen LogP contribution in [0.4, 0.5) is 0 Å². The maximum atomic E-state index is 5.93. The van der Waals surface area contributed by atoms with Gasteiger partial charge in [-0.25, -0.2) is 0 Å². The topological polar surface area (TPSA) is 74.2 Å². The summed E-state index contributed by atoms with van der Waals surface area (Å²) in [5.74, 6) is 1.64. The number of hydrogen-bond acceptors (Lipinski definition) is 5. The number of nitrogens with two attached hydrogens (primary N) is 1. The van der Waals surface area contributed by atoms with Crippen LogP contribution in [0.1, 0.15) is 43.6 Å². The van der Waals surface area contributed by atoms with Crippen LogP contribution < -0.4 is 5.73 Å². The molecule has 1 fully saturated rings. The molecule has 1 aromatic rings. The van der Waals surface area contributed by atoms with E-state index in [2.05, 4.69) is 10.1 Å². The second kappa shape index (κ2) is 3.67. The number of nitrogens with zero attached hydrogens (tertiary/aromatic N) is 2. The third-order valence-corrected chi connectivity index (χ3v) is 2.59. The quantitative estimate of drug-likeness (QED) is 0.784. The van der Waals surface area contributed by atoms with Crippen molar-refractivity contribution < 1.29 is 9.26 Å². The molecule has 1 heterocycles. The van der Waals surface area contributed by atoms with E-state index in [-0.39, 0.29) is 12.1 Å². The van der Waals surface area contributed by atoms with Crippen molar-refractivity contribution in [2.75, 3.05) is 7.11 Å². The van der Waals surface area contributed by atoms with Crippen molar-refractivity contribution in [1.29, 1.82) is 0 Å². The molecule has 1 aromatic heterocycles. The van der Waals surface area contributed by atoms with Crippen LogP contribution >= 0.6 is 0 Å². The third kappa shape index (κ3) is 1.78. The van der Waals surface area contributed by atoms with Gasteiger partial charge in [0, 0.05) is 7.11 Å². The minimum atomic E-state index is -0.164. The Hall–Kier alpha value is -0.940. The highest BCUT2D eigenvalue weighted by Crippen LogP contribution is 2.38. The molecule has 0 aliphatic heterocycles. The maximum Gasteiger partial charge on any atom is 0.255 e. The van der Waals surface area contributed by atoms with Gasteiger partial charge in [-0.05, 0) is 25.7 Å². The van der Waals surface area contributed by atoms with Crippen LogP contribution in [-0.2, 0) is 4.74 Å². The minimum absolute atomic E-state index is 0.0726. The van der Waals surface area contributed by atoms with E-state index in [1.54, 1.807) is 7.11 Å². The van der Waals surface area contributed by atoms with Crippen molar-refractivity contribution in [2.24, 2.45) is 11.7 Å². The van der Waals surface area contributed by atoms with E-state index >= 15 is 0 Å². The van der Waals surface area contributed by atoms with E-state index < -0.39 is 0 Å². The second-order valence-electron chi connectivity index (χ2n) is 3.73. The summed E-state index contributed by atoms with van der Waals surface area (Å²) in [7, 11) is 1.61. The van der Waals surface area contributed by atoms with Gasteiger partial charge in [0.25, 0.3) is 5.89 Å². The van der Waals surface area contributed by atoms with Crippen LogP contribution in [0.25, 0.3) is 0 Å². The standard InChI is InChI=1S/C9H15N3O2/c1-5(13-2)9-11-8(12-14-9)7(10)6-3-4-6/h5-7H,3-4,10H2,1-2H3. The first-order valence-electron chi connectivity index (χ1n) is 4.84. The molecule has 1 aliphatic rings. The first kappa shape index (κ1) is 9.61. The molecular weight excluding hydrogens is 182 g/mol. The average Bonchev–Trinajstić information content (AvgIpc) is 2.93. The third-order valence-electron chi connectivity index (χ3n) is 2.59. The van der Waals surface area contributed by atoms with Crippen LogP contribution in [0, 0.1) is 5.92 Å². The zero-order valence-corrected chi connectivity index (χ0v) is 8.43. The number of rotatable bonds is 4. The van der Waals surface area contributed by atoms with E-state index in [9.17, 15) is 0 Å². The molecule has 1 saturated carbocycles. The summed E-state index contributed by atoms with van der Waals surface area (Å²) >= 11 is 0. The lowest BCUT2D eigenvalue weighted by Crippen LogP contribution is -2.14. The summed E-state index contributed by atoms with van der Waals surface area (Å²) in [6.45, 7) is 1.86. The molecule has 78 valence electrons. The van der Waals surface area contributed by atoms with Gasteiger partial charge in [-0.15, -0.1) is 0 Å². The van der Waals surface area contributed by atoms with Gasteiger partial charge in [-0.1, -0.05) is 5.16 Å². The van der Waals surface area contributed by atoms with Gasteiger partial charge < -0.3 is 15.0 Å². The fourth-order valence-electron chi connectivity index (χ4n) is 1.31. The molecule has 5 heteroatoms. The van der Waals surface area contributed by atoms with Crippen LogP contribution in [0.2, 0.25) is 0 Å². The summed E-state index contributed by atoms with van der Waals surface area (Å²) in [5, 5.41) is 3.86. The first-order chi connectivity index (χ1) is 6.72. The number of hydrogen-bond donors (Lipinski definition) is 1. The molecule has 0 saturated heterocycles. The average molecular weight is 197 g/mol. The largest absolute Gasteiger partial charge is 0.372 e. The first-order valence-corrected chi connectivity index (χ1v) is 4.84. The SMILES string of the molecule is COC(C)c1nc(C(N)C2CC2)no1. The predicted molar refractivity (Wildman–Crippen MR) is 49.4 cm³/mol. The maximum absolute atomic E-state index is 5.93. The molecule has 0 amide bonds. The fraction of sp³-hybridized carbons (Fsp3) is 0.778. The van der Waals surface area contributed by atoms with Crippen LogP contribution in [0.5, 0.6) is 0 Å². The smallest absolute Gasteiger partial charge is 0.255 e. The molecule has 1 aliphatic carbocycles. The molecule has 0 bridgehead atoms. The van der Waals surface area contributed by atoms with Gasteiger partial charge in [-0.2, -0.15) is 4.98 Å². The van der Waals surface area contributed by atoms with E-state index in [4.69, 9.17) is 15.0 Å². The Morgan fingerprint density at radius 1 is 1.57 bits per heavy atom. The van der Waals surface area contributed by atoms with Gasteiger partial charge in [0.2, 0.25) is 0 Å². The van der Waals surface area contributed by atoms with Gasteiger partial charge in [0.15, 0.2) is 5.82 Å². The summed E-state index contributed by atoms with van der Waals surface area (Å²) in [4.78, 5) is 4.21. The Bertz CT molecular complexity index is 309. The molecule has 2 unspecified atom stereocenters. The minimum Gasteiger partial charge on any atom is -0.372 e. The van der Waals surface area contributed by atoms with Crippen molar-refractivity contribution in [3.63, 3.8) is 0 Å². The van der Waals surface area contributed by atoms with Crippen LogP contribution in [0.3, 0.4) is 0 Å². The Labute approximate surface area is 82.6 Å². The lowest BCUT2D eigenvalue weighted by atomic mass is 10.2. The zero-order chi connectivity index (χ0) is 10.1. The summed E-state index contributed by atoms with van der Waals surface area (Å²) in [6.07, 6.45) is 2.18. The number of ether oxygens (including phenoxy) is 1. The molecule has 2 atom stereocenters. The van der Waals surface area contributed by atoms with Crippen LogP contribution in [-0.4, -0.2) is 17.3 Å². The van der Waals surface area contributed by atoms with Gasteiger partial charge >= 0.3 is 0 Å². The van der Waals surface area contributed by atoms with Crippen LogP contribution in [0.15, 0.2) is 4.52 Å². The molecule has 0 radical (unpaired) electrons. The lowest BCUT2D eigenvalue weighted by Gasteiger charge is -2.03. The Balaban J connectivity index is 2.08. The highest BCUT2D eigenvalue weighted by atomic mass is 16.5. The Kier molecular flexibility index (Phi) is 2.52.